The summed E-state index contributed by atoms with van der Waals surface area (Å²) in [6.45, 7) is 1.93. The molecule has 2 aromatic heterocycles. The van der Waals surface area contributed by atoms with E-state index in [1.54, 1.807) is 47.7 Å². The summed E-state index contributed by atoms with van der Waals surface area (Å²) in [6, 6.07) is 20.0. The number of thiophene rings is 1. The van der Waals surface area contributed by atoms with Crippen LogP contribution in [0.4, 0.5) is 0 Å². The minimum Gasteiger partial charge on any atom is -0.343 e. The normalized spacial score (nSPS) is 12.0. The molecule has 5 nitrogen and oxygen atoms in total. The molecule has 0 aliphatic carbocycles. The third-order valence-electron chi connectivity index (χ3n) is 4.34. The first kappa shape index (κ1) is 17.2. The molecule has 0 fully saturated rings. The Balaban J connectivity index is 1.83. The number of carbonyl (C=O) groups is 1. The Morgan fingerprint density at radius 3 is 2.41 bits per heavy atom. The lowest BCUT2D eigenvalue weighted by atomic mass is 10.1. The van der Waals surface area contributed by atoms with Gasteiger partial charge in [-0.2, -0.15) is 9.78 Å². The molecule has 0 saturated heterocycles. The third-order valence-corrected chi connectivity index (χ3v) is 5.39. The van der Waals surface area contributed by atoms with Gasteiger partial charge in [-0.25, -0.2) is 0 Å². The second-order valence-corrected chi connectivity index (χ2v) is 7.14. The van der Waals surface area contributed by atoms with Gasteiger partial charge in [0.2, 0.25) is 0 Å². The first-order chi connectivity index (χ1) is 13.1. The lowest BCUT2D eigenvalue weighted by Gasteiger charge is -2.14. The van der Waals surface area contributed by atoms with E-state index in [4.69, 9.17) is 0 Å². The van der Waals surface area contributed by atoms with Gasteiger partial charge in [0.1, 0.15) is 0 Å². The molecule has 0 bridgehead atoms. The first-order valence-electron chi connectivity index (χ1n) is 8.57. The smallest absolute Gasteiger partial charge is 0.279 e. The maximum Gasteiger partial charge on any atom is 0.279 e. The highest BCUT2D eigenvalue weighted by Gasteiger charge is 2.19. The van der Waals surface area contributed by atoms with Crippen LogP contribution in [-0.4, -0.2) is 15.7 Å². The number of rotatable bonds is 4. The van der Waals surface area contributed by atoms with E-state index in [0.717, 1.165) is 4.88 Å². The van der Waals surface area contributed by atoms with E-state index in [2.05, 4.69) is 10.4 Å². The number of fused-ring (bicyclic) bond motifs is 1. The molecule has 1 amide bonds. The van der Waals surface area contributed by atoms with Crippen molar-refractivity contribution in [1.29, 1.82) is 0 Å². The highest BCUT2D eigenvalue weighted by atomic mass is 32.1. The van der Waals surface area contributed by atoms with Crippen molar-refractivity contribution < 1.29 is 4.79 Å². The van der Waals surface area contributed by atoms with E-state index < -0.39 is 0 Å². The molecule has 1 unspecified atom stereocenters. The molecule has 2 heterocycles. The zero-order valence-electron chi connectivity index (χ0n) is 14.6. The number of aromatic nitrogens is 2. The van der Waals surface area contributed by atoms with Crippen LogP contribution in [0.15, 0.2) is 76.9 Å². The van der Waals surface area contributed by atoms with Crippen LogP contribution < -0.4 is 10.9 Å². The lowest BCUT2D eigenvalue weighted by Crippen LogP contribution is -2.31. The van der Waals surface area contributed by atoms with Gasteiger partial charge in [0.15, 0.2) is 5.69 Å². The summed E-state index contributed by atoms with van der Waals surface area (Å²) in [5.74, 6) is -0.309. The predicted molar refractivity (Wildman–Crippen MR) is 108 cm³/mol. The molecule has 6 heteroatoms. The SMILES string of the molecule is CC(NC(=O)c1nn(-c2ccccc2)c(=O)c2ccccc12)c1cccs1. The van der Waals surface area contributed by atoms with Crippen LogP contribution in [0.1, 0.15) is 28.3 Å². The topological polar surface area (TPSA) is 64.0 Å². The molecule has 2 aromatic carbocycles. The highest BCUT2D eigenvalue weighted by Crippen LogP contribution is 2.20. The standard InChI is InChI=1S/C21H17N3O2S/c1-14(18-12-7-13-27-18)22-20(25)19-16-10-5-6-11-17(16)21(26)24(23-19)15-8-3-2-4-9-15/h2-14H,1H3,(H,22,25). The molecule has 27 heavy (non-hydrogen) atoms. The van der Waals surface area contributed by atoms with Crippen molar-refractivity contribution in [3.05, 3.63) is 93.0 Å². The maximum absolute atomic E-state index is 13.0. The number of benzene rings is 2. The molecular formula is C21H17N3O2S. The van der Waals surface area contributed by atoms with Gasteiger partial charge in [0.05, 0.1) is 17.1 Å². The summed E-state index contributed by atoms with van der Waals surface area (Å²) < 4.78 is 1.28. The van der Waals surface area contributed by atoms with Gasteiger partial charge < -0.3 is 5.32 Å². The van der Waals surface area contributed by atoms with Crippen LogP contribution in [0.3, 0.4) is 0 Å². The largest absolute Gasteiger partial charge is 0.343 e. The third kappa shape index (κ3) is 3.27. The summed E-state index contributed by atoms with van der Waals surface area (Å²) in [6.07, 6.45) is 0. The quantitative estimate of drug-likeness (QED) is 0.588. The monoisotopic (exact) mass is 375 g/mol. The minimum atomic E-state index is -0.309. The van der Waals surface area contributed by atoms with Crippen LogP contribution in [-0.2, 0) is 0 Å². The number of hydrogen-bond acceptors (Lipinski definition) is 4. The molecule has 4 aromatic rings. The zero-order valence-corrected chi connectivity index (χ0v) is 15.4. The van der Waals surface area contributed by atoms with Crippen molar-refractivity contribution in [2.24, 2.45) is 0 Å². The Labute approximate surface area is 159 Å². The van der Waals surface area contributed by atoms with Crippen LogP contribution in [0, 0.1) is 0 Å². The van der Waals surface area contributed by atoms with E-state index in [1.807, 2.05) is 42.6 Å². The Morgan fingerprint density at radius 1 is 1.00 bits per heavy atom. The van der Waals surface area contributed by atoms with Gasteiger partial charge in [-0.15, -0.1) is 11.3 Å². The Bertz CT molecular complexity index is 1150. The molecule has 0 aliphatic heterocycles. The Kier molecular flexibility index (Phi) is 4.56. The molecule has 4 rings (SSSR count). The highest BCUT2D eigenvalue weighted by molar-refractivity contribution is 7.10. The van der Waals surface area contributed by atoms with Crippen molar-refractivity contribution in [2.75, 3.05) is 0 Å². The van der Waals surface area contributed by atoms with Crippen molar-refractivity contribution in [2.45, 2.75) is 13.0 Å². The zero-order chi connectivity index (χ0) is 18.8. The van der Waals surface area contributed by atoms with E-state index in [-0.39, 0.29) is 23.2 Å². The van der Waals surface area contributed by atoms with Crippen molar-refractivity contribution in [1.82, 2.24) is 15.1 Å². The molecule has 1 atom stereocenters. The van der Waals surface area contributed by atoms with Crippen LogP contribution in [0.25, 0.3) is 16.5 Å². The van der Waals surface area contributed by atoms with Gasteiger partial charge in [0.25, 0.3) is 11.5 Å². The van der Waals surface area contributed by atoms with Gasteiger partial charge >= 0.3 is 0 Å². The van der Waals surface area contributed by atoms with Gasteiger partial charge in [0, 0.05) is 10.3 Å². The number of nitrogens with zero attached hydrogens (tertiary/aromatic N) is 2. The molecule has 0 aliphatic rings. The van der Waals surface area contributed by atoms with Crippen molar-refractivity contribution >= 4 is 28.0 Å². The summed E-state index contributed by atoms with van der Waals surface area (Å²) >= 11 is 1.58. The fourth-order valence-electron chi connectivity index (χ4n) is 2.98. The summed E-state index contributed by atoms with van der Waals surface area (Å²) in [5.41, 5.74) is 0.603. The summed E-state index contributed by atoms with van der Waals surface area (Å²) in [5, 5.41) is 10.4. The van der Waals surface area contributed by atoms with E-state index in [9.17, 15) is 9.59 Å². The Hall–Kier alpha value is -3.25. The summed E-state index contributed by atoms with van der Waals surface area (Å²) in [7, 11) is 0. The van der Waals surface area contributed by atoms with Crippen molar-refractivity contribution in [3.8, 4) is 5.69 Å². The average molecular weight is 375 g/mol. The van der Waals surface area contributed by atoms with Crippen LogP contribution >= 0.6 is 11.3 Å². The number of amides is 1. The van der Waals surface area contributed by atoms with Crippen LogP contribution in [0.2, 0.25) is 0 Å². The molecule has 0 radical (unpaired) electrons. The molecule has 134 valence electrons. The minimum absolute atomic E-state index is 0.143. The van der Waals surface area contributed by atoms with Gasteiger partial charge in [-0.05, 0) is 36.6 Å². The first-order valence-corrected chi connectivity index (χ1v) is 9.45. The maximum atomic E-state index is 13.0. The molecule has 0 saturated carbocycles. The molecule has 0 spiro atoms. The van der Waals surface area contributed by atoms with E-state index >= 15 is 0 Å². The van der Waals surface area contributed by atoms with Gasteiger partial charge in [-0.3, -0.25) is 9.59 Å². The number of hydrogen-bond donors (Lipinski definition) is 1. The Morgan fingerprint density at radius 2 is 1.70 bits per heavy atom. The van der Waals surface area contributed by atoms with Crippen molar-refractivity contribution in [3.63, 3.8) is 0 Å². The fraction of sp³-hybridized carbons (Fsp3) is 0.0952. The molecular weight excluding hydrogens is 358 g/mol. The molecule has 1 N–H and O–H groups in total. The summed E-state index contributed by atoms with van der Waals surface area (Å²) in [4.78, 5) is 26.9. The van der Waals surface area contributed by atoms with E-state index in [0.29, 0.717) is 16.5 Å². The number of nitrogens with one attached hydrogen (secondary N) is 1. The second kappa shape index (κ2) is 7.17. The van der Waals surface area contributed by atoms with Crippen LogP contribution in [0.5, 0.6) is 0 Å². The number of carbonyl (C=O) groups excluding carboxylic acids is 1. The average Bonchev–Trinajstić information content (AvgIpc) is 3.24. The number of para-hydroxylation sites is 1. The second-order valence-electron chi connectivity index (χ2n) is 6.16. The lowest BCUT2D eigenvalue weighted by molar-refractivity contribution is 0.0935. The van der Waals surface area contributed by atoms with Gasteiger partial charge in [-0.1, -0.05) is 42.5 Å². The fourth-order valence-corrected chi connectivity index (χ4v) is 3.71. The predicted octanol–water partition coefficient (Wildman–Crippen LogP) is 3.94. The van der Waals surface area contributed by atoms with E-state index in [1.165, 1.54) is 4.68 Å².